The van der Waals surface area contributed by atoms with Gasteiger partial charge in [-0.1, -0.05) is 19.9 Å². The van der Waals surface area contributed by atoms with Crippen molar-refractivity contribution >= 4 is 23.8 Å². The van der Waals surface area contributed by atoms with Crippen LogP contribution in [0.3, 0.4) is 0 Å². The minimum absolute atomic E-state index is 0.0522. The molecule has 1 spiro atoms. The van der Waals surface area contributed by atoms with E-state index in [1.54, 1.807) is 19.9 Å². The summed E-state index contributed by atoms with van der Waals surface area (Å²) in [5, 5.41) is 55.3. The van der Waals surface area contributed by atoms with Crippen LogP contribution in [0.4, 0.5) is 0 Å². The van der Waals surface area contributed by atoms with Crippen LogP contribution in [0.2, 0.25) is 0 Å². The average Bonchev–Trinajstić information content (AvgIpc) is 3.32. The van der Waals surface area contributed by atoms with Gasteiger partial charge >= 0.3 is 17.9 Å². The number of amides is 1. The van der Waals surface area contributed by atoms with Crippen LogP contribution in [-0.2, 0) is 40.5 Å². The fourth-order valence-corrected chi connectivity index (χ4v) is 7.15. The number of hydrogen-bond donors (Lipinski definition) is 6. The van der Waals surface area contributed by atoms with Crippen molar-refractivity contribution in [3.63, 3.8) is 0 Å². The van der Waals surface area contributed by atoms with Crippen LogP contribution in [0, 0.1) is 5.92 Å². The van der Waals surface area contributed by atoms with Gasteiger partial charge < -0.3 is 50.0 Å². The normalized spacial score (nSPS) is 29.3. The number of likely N-dealkylation sites (N-methyl/N-ethyl adjacent to an activating group) is 1. The third-order valence-corrected chi connectivity index (χ3v) is 9.34. The number of carbonyl (C=O) groups excluding carboxylic acids is 3. The molecule has 0 saturated carbocycles. The van der Waals surface area contributed by atoms with Gasteiger partial charge in [-0.05, 0) is 63.4 Å². The highest BCUT2D eigenvalue weighted by molar-refractivity contribution is 5.90. The molecule has 2 bridgehead atoms. The van der Waals surface area contributed by atoms with Gasteiger partial charge in [-0.2, -0.15) is 0 Å². The maximum atomic E-state index is 13.0. The molecule has 0 radical (unpaired) electrons. The molecular weight excluding hydrogens is 580 g/mol. The monoisotopic (exact) mass is 618 g/mol. The summed E-state index contributed by atoms with van der Waals surface area (Å²) in [5.41, 5.74) is -0.833. The molecule has 2 aliphatic heterocycles. The zero-order chi connectivity index (χ0) is 32.3. The van der Waals surface area contributed by atoms with Gasteiger partial charge in [0.2, 0.25) is 0 Å². The van der Waals surface area contributed by atoms with Gasteiger partial charge in [-0.3, -0.25) is 4.79 Å². The number of aliphatic hydroxyl groups is 3. The number of phenols is 1. The van der Waals surface area contributed by atoms with Crippen LogP contribution in [0.1, 0.15) is 51.2 Å². The second-order valence-corrected chi connectivity index (χ2v) is 12.5. The van der Waals surface area contributed by atoms with Gasteiger partial charge in [0.25, 0.3) is 5.91 Å². The van der Waals surface area contributed by atoms with Crippen LogP contribution in [0.25, 0.3) is 0 Å². The number of carboxylic acid groups (broad SMARTS) is 1. The van der Waals surface area contributed by atoms with Gasteiger partial charge in [0, 0.05) is 18.0 Å². The zero-order valence-electron chi connectivity index (χ0n) is 24.9. The summed E-state index contributed by atoms with van der Waals surface area (Å²) in [7, 11) is 1.92. The van der Waals surface area contributed by atoms with E-state index < -0.39 is 65.3 Å². The first-order chi connectivity index (χ1) is 20.6. The molecule has 1 amide bonds. The number of rotatable bonds is 10. The van der Waals surface area contributed by atoms with E-state index in [0.717, 1.165) is 12.5 Å². The van der Waals surface area contributed by atoms with Crippen molar-refractivity contribution < 1.29 is 58.9 Å². The number of phenolic OH excluding ortho intramolecular Hbond substituents is 1. The standard InChI is InChI=1S/C30H38N2O12/c1-13(2)11-16(26(37)38)31-25(36)14(3)42-27(39)21(34)22(35)28(40)43-18-7-8-30(41)19-12-15-5-6-17(33)23-20(15)29(30,24(18)44-23)9-10-32(19)4/h5-7,13-14,16,19,21-22,24,33-35,41H,8-12H2,1-4H3,(H,31,36)(H,37,38)/t14?,16?,19-,21-,22-,24+,29+,30-/m1/s1. The number of nitrogens with zero attached hydrogens (tertiary/aromatic N) is 1. The first-order valence-corrected chi connectivity index (χ1v) is 14.6. The number of hydrogen-bond acceptors (Lipinski definition) is 12. The second kappa shape index (κ2) is 11.3. The van der Waals surface area contributed by atoms with Crippen LogP contribution in [-0.4, -0.2) is 110 Å². The highest BCUT2D eigenvalue weighted by Crippen LogP contribution is 2.65. The van der Waals surface area contributed by atoms with E-state index in [9.17, 15) is 44.7 Å². The van der Waals surface area contributed by atoms with E-state index in [4.69, 9.17) is 14.2 Å². The van der Waals surface area contributed by atoms with Gasteiger partial charge in [0.15, 0.2) is 35.9 Å². The summed E-state index contributed by atoms with van der Waals surface area (Å²) < 4.78 is 16.5. The Balaban J connectivity index is 1.29. The van der Waals surface area contributed by atoms with Crippen LogP contribution >= 0.6 is 0 Å². The Kier molecular flexibility index (Phi) is 8.16. The molecule has 44 heavy (non-hydrogen) atoms. The van der Waals surface area contributed by atoms with Crippen molar-refractivity contribution in [3.8, 4) is 11.5 Å². The van der Waals surface area contributed by atoms with E-state index >= 15 is 0 Å². The minimum atomic E-state index is -2.44. The van der Waals surface area contributed by atoms with Gasteiger partial charge in [-0.25, -0.2) is 14.4 Å². The summed E-state index contributed by atoms with van der Waals surface area (Å²) in [4.78, 5) is 51.5. The topological polar surface area (TPSA) is 212 Å². The maximum absolute atomic E-state index is 13.0. The summed E-state index contributed by atoms with van der Waals surface area (Å²) in [6.07, 6.45) is -4.86. The van der Waals surface area contributed by atoms with E-state index in [1.165, 1.54) is 12.1 Å². The predicted molar refractivity (Wildman–Crippen MR) is 149 cm³/mol. The number of ether oxygens (including phenoxy) is 3. The number of aromatic hydroxyl groups is 1. The van der Waals surface area contributed by atoms with E-state index in [1.807, 2.05) is 7.05 Å². The van der Waals surface area contributed by atoms with Crippen molar-refractivity contribution in [3.05, 3.63) is 35.1 Å². The van der Waals surface area contributed by atoms with E-state index in [-0.39, 0.29) is 42.1 Å². The Morgan fingerprint density at radius 2 is 1.82 bits per heavy atom. The van der Waals surface area contributed by atoms with Crippen molar-refractivity contribution in [1.82, 2.24) is 10.2 Å². The Hall–Kier alpha value is -3.72. The van der Waals surface area contributed by atoms with Crippen molar-refractivity contribution in [2.45, 2.75) is 94.0 Å². The molecule has 2 unspecified atom stereocenters. The molecule has 0 aromatic heterocycles. The number of carbonyl (C=O) groups is 4. The number of esters is 2. The lowest BCUT2D eigenvalue weighted by Crippen LogP contribution is -2.74. The molecule has 14 nitrogen and oxygen atoms in total. The van der Waals surface area contributed by atoms with E-state index in [2.05, 4.69) is 10.2 Å². The first-order valence-electron chi connectivity index (χ1n) is 14.6. The quantitative estimate of drug-likeness (QED) is 0.183. The Morgan fingerprint density at radius 3 is 2.48 bits per heavy atom. The molecular formula is C30H38N2O12. The van der Waals surface area contributed by atoms with Gasteiger partial charge in [0.1, 0.15) is 11.8 Å². The molecule has 2 heterocycles. The predicted octanol–water partition coefficient (Wildman–Crippen LogP) is -0.518. The summed E-state index contributed by atoms with van der Waals surface area (Å²) >= 11 is 0. The second-order valence-electron chi connectivity index (χ2n) is 12.5. The Morgan fingerprint density at radius 1 is 1.14 bits per heavy atom. The third-order valence-electron chi connectivity index (χ3n) is 9.34. The maximum Gasteiger partial charge on any atom is 0.343 e. The number of nitrogens with one attached hydrogen (secondary N) is 1. The molecule has 6 N–H and O–H groups in total. The average molecular weight is 619 g/mol. The number of aliphatic carboxylic acids is 1. The fourth-order valence-electron chi connectivity index (χ4n) is 7.15. The number of aliphatic hydroxyl groups excluding tert-OH is 2. The molecule has 8 atom stereocenters. The molecule has 5 rings (SSSR count). The summed E-state index contributed by atoms with van der Waals surface area (Å²) in [6, 6.07) is 1.78. The smallest absolute Gasteiger partial charge is 0.343 e. The lowest BCUT2D eigenvalue weighted by Gasteiger charge is -2.61. The summed E-state index contributed by atoms with van der Waals surface area (Å²) in [5.74, 6) is -5.19. The van der Waals surface area contributed by atoms with E-state index in [0.29, 0.717) is 24.9 Å². The molecule has 2 aliphatic carbocycles. The van der Waals surface area contributed by atoms with Gasteiger partial charge in [-0.15, -0.1) is 0 Å². The van der Waals surface area contributed by atoms with Crippen LogP contribution in [0.15, 0.2) is 24.0 Å². The first kappa shape index (κ1) is 31.7. The minimum Gasteiger partial charge on any atom is -0.504 e. The zero-order valence-corrected chi connectivity index (χ0v) is 24.9. The Labute approximate surface area is 253 Å². The van der Waals surface area contributed by atoms with Gasteiger partial charge in [0.05, 0.1) is 11.0 Å². The van der Waals surface area contributed by atoms with Crippen molar-refractivity contribution in [2.24, 2.45) is 5.92 Å². The molecule has 14 heteroatoms. The Bertz CT molecular complexity index is 1410. The summed E-state index contributed by atoms with van der Waals surface area (Å²) in [6.45, 7) is 5.27. The molecule has 240 valence electrons. The SMILES string of the molecule is CC(C)CC(NC(=O)C(C)OC(=O)[C@H](O)[C@@H](O)C(=O)OC1=CC[C@@]2(O)[C@H]3Cc4ccc(O)c5c4[C@@]2(CCN3C)[C@H]1O5)C(=O)O. The fraction of sp³-hybridized carbons (Fsp3) is 0.600. The van der Waals surface area contributed by atoms with Crippen LogP contribution in [0.5, 0.6) is 11.5 Å². The lowest BCUT2D eigenvalue weighted by molar-refractivity contribution is -0.181. The molecule has 1 saturated heterocycles. The number of likely N-dealkylation sites (tertiary alicyclic amines) is 1. The third kappa shape index (κ3) is 4.89. The number of carboxylic acids is 1. The lowest BCUT2D eigenvalue weighted by atomic mass is 9.50. The number of piperidine rings is 1. The number of benzene rings is 1. The highest BCUT2D eigenvalue weighted by Gasteiger charge is 2.72. The largest absolute Gasteiger partial charge is 0.504 e. The van der Waals surface area contributed by atoms with Crippen molar-refractivity contribution in [2.75, 3.05) is 13.6 Å². The molecule has 1 fully saturated rings. The molecule has 4 aliphatic rings. The van der Waals surface area contributed by atoms with Crippen molar-refractivity contribution in [1.29, 1.82) is 0 Å². The van der Waals surface area contributed by atoms with Crippen LogP contribution < -0.4 is 10.1 Å². The molecule has 1 aromatic carbocycles. The highest BCUT2D eigenvalue weighted by atomic mass is 16.6. The molecule has 1 aromatic rings.